The Bertz CT molecular complexity index is 789. The predicted octanol–water partition coefficient (Wildman–Crippen LogP) is 5.91. The molecule has 0 saturated heterocycles. The molecule has 3 rings (SSSR count). The molecule has 0 bridgehead atoms. The van der Waals surface area contributed by atoms with E-state index in [-0.39, 0.29) is 17.6 Å². The van der Waals surface area contributed by atoms with Gasteiger partial charge in [-0.15, -0.1) is 0 Å². The summed E-state index contributed by atoms with van der Waals surface area (Å²) >= 11 is 9.61. The minimum absolute atomic E-state index is 0.104. The summed E-state index contributed by atoms with van der Waals surface area (Å²) in [6, 6.07) is 13.1. The smallest absolute Gasteiger partial charge is 0.253 e. The molecule has 0 aliphatic carbocycles. The summed E-state index contributed by atoms with van der Waals surface area (Å²) in [5.74, 6) is 0.678. The number of amides is 1. The van der Waals surface area contributed by atoms with E-state index in [2.05, 4.69) is 35.1 Å². The number of benzene rings is 2. The van der Waals surface area contributed by atoms with Crippen molar-refractivity contribution in [3.8, 4) is 5.75 Å². The van der Waals surface area contributed by atoms with Gasteiger partial charge in [0, 0.05) is 16.5 Å². The van der Waals surface area contributed by atoms with Gasteiger partial charge in [0.2, 0.25) is 0 Å². The van der Waals surface area contributed by atoms with Crippen LogP contribution in [0.1, 0.15) is 55.1 Å². The molecule has 25 heavy (non-hydrogen) atoms. The summed E-state index contributed by atoms with van der Waals surface area (Å²) < 4.78 is 7.12. The number of ether oxygens (including phenoxy) is 1. The van der Waals surface area contributed by atoms with Crippen LogP contribution in [0.15, 0.2) is 46.9 Å². The number of carbonyl (C=O) groups is 1. The minimum Gasteiger partial charge on any atom is -0.487 e. The van der Waals surface area contributed by atoms with Gasteiger partial charge < -0.3 is 10.1 Å². The summed E-state index contributed by atoms with van der Waals surface area (Å²) in [5.41, 5.74) is 1.23. The van der Waals surface area contributed by atoms with Crippen LogP contribution < -0.4 is 10.1 Å². The quantitative estimate of drug-likeness (QED) is 0.664. The molecule has 1 N–H and O–H groups in total. The fourth-order valence-electron chi connectivity index (χ4n) is 3.34. The second-order valence-electron chi connectivity index (χ2n) is 6.38. The van der Waals surface area contributed by atoms with E-state index in [9.17, 15) is 4.79 Å². The van der Waals surface area contributed by atoms with Gasteiger partial charge >= 0.3 is 0 Å². The maximum atomic E-state index is 12.8. The lowest BCUT2D eigenvalue weighted by molar-refractivity contribution is 0.0227. The lowest BCUT2D eigenvalue weighted by atomic mass is 9.83. The molecule has 5 heteroatoms. The molecule has 0 fully saturated rings. The minimum atomic E-state index is -0.257. The zero-order valence-electron chi connectivity index (χ0n) is 14.3. The highest BCUT2D eigenvalue weighted by atomic mass is 79.9. The van der Waals surface area contributed by atoms with Gasteiger partial charge in [0.15, 0.2) is 0 Å². The van der Waals surface area contributed by atoms with E-state index in [1.54, 1.807) is 12.1 Å². The zero-order valence-corrected chi connectivity index (χ0v) is 16.7. The zero-order chi connectivity index (χ0) is 18.0. The van der Waals surface area contributed by atoms with Crippen LogP contribution in [0.5, 0.6) is 5.75 Å². The molecule has 2 aromatic carbocycles. The van der Waals surface area contributed by atoms with E-state index in [1.165, 1.54) is 0 Å². The number of halogens is 2. The fraction of sp³-hybridized carbons (Fsp3) is 0.350. The fourth-order valence-corrected chi connectivity index (χ4v) is 3.90. The third-order valence-electron chi connectivity index (χ3n) is 4.96. The number of rotatable bonds is 4. The van der Waals surface area contributed by atoms with E-state index in [1.807, 2.05) is 30.3 Å². The molecule has 1 aliphatic heterocycles. The van der Waals surface area contributed by atoms with Crippen molar-refractivity contribution in [1.29, 1.82) is 0 Å². The largest absolute Gasteiger partial charge is 0.487 e. The maximum absolute atomic E-state index is 12.8. The molecule has 1 aliphatic rings. The monoisotopic (exact) mass is 421 g/mol. The molecular formula is C20H21BrClNO2. The molecule has 3 nitrogen and oxygen atoms in total. The first-order chi connectivity index (χ1) is 12.0. The molecule has 132 valence electrons. The number of carbonyl (C=O) groups excluding carboxylic acids is 1. The van der Waals surface area contributed by atoms with Crippen LogP contribution >= 0.6 is 27.5 Å². The average Bonchev–Trinajstić information content (AvgIpc) is 2.63. The van der Waals surface area contributed by atoms with Crippen LogP contribution in [0.3, 0.4) is 0 Å². The van der Waals surface area contributed by atoms with Gasteiger partial charge in [0.05, 0.1) is 16.6 Å². The highest BCUT2D eigenvalue weighted by molar-refractivity contribution is 9.10. The van der Waals surface area contributed by atoms with Gasteiger partial charge in [0.1, 0.15) is 11.4 Å². The standard InChI is InChI=1S/C20H21BrClNO2/c1-3-20(4-2)12-17(14-7-5-6-8-18(14)25-20)23-19(24)15-11-13(21)9-10-16(15)22/h5-11,17H,3-4,12H2,1-2H3,(H,23,24)/t17-/m0/s1. The Hall–Kier alpha value is -1.52. The summed E-state index contributed by atoms with van der Waals surface area (Å²) in [6.07, 6.45) is 2.53. The number of hydrogen-bond donors (Lipinski definition) is 1. The molecule has 0 unspecified atom stereocenters. The van der Waals surface area contributed by atoms with Crippen molar-refractivity contribution in [3.63, 3.8) is 0 Å². The molecule has 0 saturated carbocycles. The predicted molar refractivity (Wildman–Crippen MR) is 104 cm³/mol. The Morgan fingerprint density at radius 1 is 1.28 bits per heavy atom. The number of fused-ring (bicyclic) bond motifs is 1. The first-order valence-electron chi connectivity index (χ1n) is 8.52. The van der Waals surface area contributed by atoms with Crippen molar-refractivity contribution in [2.24, 2.45) is 0 Å². The molecule has 0 spiro atoms. The van der Waals surface area contributed by atoms with Crippen molar-refractivity contribution in [3.05, 3.63) is 63.1 Å². The van der Waals surface area contributed by atoms with Gasteiger partial charge in [-0.05, 0) is 37.1 Å². The Morgan fingerprint density at radius 3 is 2.72 bits per heavy atom. The average molecular weight is 423 g/mol. The molecule has 1 heterocycles. The summed E-state index contributed by atoms with van der Waals surface area (Å²) in [4.78, 5) is 12.8. The van der Waals surface area contributed by atoms with Gasteiger partial charge in [0.25, 0.3) is 5.91 Å². The van der Waals surface area contributed by atoms with Crippen molar-refractivity contribution in [2.75, 3.05) is 0 Å². The van der Waals surface area contributed by atoms with E-state index in [0.717, 1.165) is 35.0 Å². The van der Waals surface area contributed by atoms with Crippen LogP contribution in [0.4, 0.5) is 0 Å². The van der Waals surface area contributed by atoms with Crippen LogP contribution in [0.25, 0.3) is 0 Å². The van der Waals surface area contributed by atoms with Crippen LogP contribution in [-0.4, -0.2) is 11.5 Å². The van der Waals surface area contributed by atoms with E-state index < -0.39 is 0 Å². The number of hydrogen-bond acceptors (Lipinski definition) is 2. The SMILES string of the molecule is CCC1(CC)C[C@H](NC(=O)c2cc(Br)ccc2Cl)c2ccccc2O1. The van der Waals surface area contributed by atoms with Crippen LogP contribution in [-0.2, 0) is 0 Å². The summed E-state index contributed by atoms with van der Waals surface area (Å²) in [5, 5.41) is 3.60. The summed E-state index contributed by atoms with van der Waals surface area (Å²) in [6.45, 7) is 4.25. The van der Waals surface area contributed by atoms with Gasteiger partial charge in [-0.2, -0.15) is 0 Å². The van der Waals surface area contributed by atoms with Crippen molar-refractivity contribution in [1.82, 2.24) is 5.32 Å². The first-order valence-corrected chi connectivity index (χ1v) is 9.69. The molecule has 1 amide bonds. The highest BCUT2D eigenvalue weighted by Crippen LogP contribution is 2.42. The Balaban J connectivity index is 1.93. The Kier molecular flexibility index (Phi) is 5.40. The topological polar surface area (TPSA) is 38.3 Å². The van der Waals surface area contributed by atoms with Crippen LogP contribution in [0.2, 0.25) is 5.02 Å². The lowest BCUT2D eigenvalue weighted by Crippen LogP contribution is -2.44. The maximum Gasteiger partial charge on any atom is 0.253 e. The molecule has 0 radical (unpaired) electrons. The Labute approximate surface area is 161 Å². The third-order valence-corrected chi connectivity index (χ3v) is 5.79. The van der Waals surface area contributed by atoms with Crippen molar-refractivity contribution >= 4 is 33.4 Å². The molecule has 1 atom stereocenters. The van der Waals surface area contributed by atoms with E-state index in [4.69, 9.17) is 16.3 Å². The van der Waals surface area contributed by atoms with Crippen LogP contribution in [0, 0.1) is 0 Å². The van der Waals surface area contributed by atoms with Crippen molar-refractivity contribution < 1.29 is 9.53 Å². The number of nitrogens with one attached hydrogen (secondary N) is 1. The molecule has 2 aromatic rings. The van der Waals surface area contributed by atoms with Gasteiger partial charge in [-0.1, -0.05) is 59.6 Å². The summed E-state index contributed by atoms with van der Waals surface area (Å²) in [7, 11) is 0. The third kappa shape index (κ3) is 3.70. The number of para-hydroxylation sites is 1. The van der Waals surface area contributed by atoms with Gasteiger partial charge in [-0.25, -0.2) is 0 Å². The first kappa shape index (κ1) is 18.3. The van der Waals surface area contributed by atoms with Crippen molar-refractivity contribution in [2.45, 2.75) is 44.8 Å². The van der Waals surface area contributed by atoms with Gasteiger partial charge in [-0.3, -0.25) is 4.79 Å². The van der Waals surface area contributed by atoms with E-state index >= 15 is 0 Å². The Morgan fingerprint density at radius 2 is 2.00 bits per heavy atom. The molecule has 0 aromatic heterocycles. The second kappa shape index (κ2) is 7.38. The molecular weight excluding hydrogens is 402 g/mol. The lowest BCUT2D eigenvalue weighted by Gasteiger charge is -2.41. The highest BCUT2D eigenvalue weighted by Gasteiger charge is 2.39. The second-order valence-corrected chi connectivity index (χ2v) is 7.71. The van der Waals surface area contributed by atoms with E-state index in [0.29, 0.717) is 10.6 Å². The normalized spacial score (nSPS) is 18.2.